The van der Waals surface area contributed by atoms with E-state index in [9.17, 15) is 9.18 Å². The fourth-order valence-corrected chi connectivity index (χ4v) is 3.30. The van der Waals surface area contributed by atoms with Crippen molar-refractivity contribution in [3.05, 3.63) is 35.1 Å². The number of carbonyl (C=O) groups excluding carboxylic acids is 1. The van der Waals surface area contributed by atoms with E-state index >= 15 is 0 Å². The van der Waals surface area contributed by atoms with Crippen LogP contribution < -0.4 is 11.1 Å². The van der Waals surface area contributed by atoms with E-state index in [1.807, 2.05) is 0 Å². The van der Waals surface area contributed by atoms with Crippen LogP contribution in [0.1, 0.15) is 28.8 Å². The van der Waals surface area contributed by atoms with Crippen LogP contribution in [0.2, 0.25) is 0 Å². The number of hydrogen-bond donors (Lipinski definition) is 2. The van der Waals surface area contributed by atoms with Crippen LogP contribution in [-0.4, -0.2) is 36.5 Å². The molecule has 108 valence electrons. The van der Waals surface area contributed by atoms with E-state index in [0.717, 1.165) is 6.54 Å². The second-order valence-corrected chi connectivity index (χ2v) is 5.80. The molecule has 3 fully saturated rings. The predicted molar refractivity (Wildman–Crippen MR) is 74.7 cm³/mol. The van der Waals surface area contributed by atoms with Gasteiger partial charge in [0.15, 0.2) is 0 Å². The quantitative estimate of drug-likeness (QED) is 0.866. The van der Waals surface area contributed by atoms with Gasteiger partial charge in [-0.05, 0) is 50.0 Å². The average Bonchev–Trinajstić information content (AvgIpc) is 2.47. The van der Waals surface area contributed by atoms with Gasteiger partial charge in [0.05, 0.1) is 0 Å². The van der Waals surface area contributed by atoms with E-state index in [1.54, 1.807) is 6.07 Å². The minimum absolute atomic E-state index is 0.288. The molecule has 20 heavy (non-hydrogen) atoms. The molecular weight excluding hydrogens is 257 g/mol. The highest BCUT2D eigenvalue weighted by Crippen LogP contribution is 2.27. The molecule has 0 spiro atoms. The third-order valence-electron chi connectivity index (χ3n) is 4.54. The molecule has 3 saturated heterocycles. The van der Waals surface area contributed by atoms with Crippen LogP contribution in [0.5, 0.6) is 0 Å². The Kier molecular flexibility index (Phi) is 3.72. The van der Waals surface area contributed by atoms with Gasteiger partial charge in [0.25, 0.3) is 0 Å². The molecule has 1 aromatic rings. The number of nitrogens with one attached hydrogen (secondary N) is 1. The molecule has 2 bridgehead atoms. The van der Waals surface area contributed by atoms with Crippen LogP contribution in [0, 0.1) is 11.7 Å². The summed E-state index contributed by atoms with van der Waals surface area (Å²) in [7, 11) is 0. The van der Waals surface area contributed by atoms with Gasteiger partial charge in [-0.25, -0.2) is 4.39 Å². The molecule has 1 atom stereocenters. The van der Waals surface area contributed by atoms with Gasteiger partial charge < -0.3 is 16.0 Å². The average molecular weight is 277 g/mol. The SMILES string of the molecule is NC(=O)c1ccc(F)c(CNC2CN3CCC2CC3)c1. The van der Waals surface area contributed by atoms with Crippen molar-refractivity contribution in [2.75, 3.05) is 19.6 Å². The minimum Gasteiger partial charge on any atom is -0.366 e. The number of piperidine rings is 3. The van der Waals surface area contributed by atoms with Gasteiger partial charge in [0.1, 0.15) is 5.82 Å². The largest absolute Gasteiger partial charge is 0.366 e. The van der Waals surface area contributed by atoms with Crippen LogP contribution >= 0.6 is 0 Å². The zero-order valence-electron chi connectivity index (χ0n) is 11.4. The monoisotopic (exact) mass is 277 g/mol. The lowest BCUT2D eigenvalue weighted by Crippen LogP contribution is -2.55. The van der Waals surface area contributed by atoms with E-state index < -0.39 is 5.91 Å². The Hall–Kier alpha value is -1.46. The van der Waals surface area contributed by atoms with Gasteiger partial charge in [-0.2, -0.15) is 0 Å². The molecule has 3 aliphatic heterocycles. The van der Waals surface area contributed by atoms with Crippen molar-refractivity contribution in [1.29, 1.82) is 0 Å². The number of halogens is 1. The number of benzene rings is 1. The van der Waals surface area contributed by atoms with Gasteiger partial charge >= 0.3 is 0 Å². The summed E-state index contributed by atoms with van der Waals surface area (Å²) in [5.74, 6) is -0.111. The molecule has 5 heteroatoms. The molecule has 1 amide bonds. The summed E-state index contributed by atoms with van der Waals surface area (Å²) in [5, 5.41) is 3.44. The fourth-order valence-electron chi connectivity index (χ4n) is 3.30. The van der Waals surface area contributed by atoms with E-state index in [-0.39, 0.29) is 5.82 Å². The van der Waals surface area contributed by atoms with Crippen LogP contribution in [0.15, 0.2) is 18.2 Å². The molecule has 0 aliphatic carbocycles. The van der Waals surface area contributed by atoms with Crippen molar-refractivity contribution in [1.82, 2.24) is 10.2 Å². The van der Waals surface area contributed by atoms with Gasteiger partial charge in [-0.15, -0.1) is 0 Å². The third kappa shape index (κ3) is 2.69. The molecule has 3 aliphatic rings. The minimum atomic E-state index is -0.519. The molecule has 1 aromatic carbocycles. The molecule has 3 heterocycles. The van der Waals surface area contributed by atoms with E-state index in [1.165, 1.54) is 38.1 Å². The maximum absolute atomic E-state index is 13.8. The van der Waals surface area contributed by atoms with Crippen molar-refractivity contribution in [3.8, 4) is 0 Å². The summed E-state index contributed by atoms with van der Waals surface area (Å²) in [6.45, 7) is 3.87. The lowest BCUT2D eigenvalue weighted by atomic mass is 9.84. The normalized spacial score (nSPS) is 28.6. The van der Waals surface area contributed by atoms with Gasteiger partial charge in [0, 0.05) is 30.3 Å². The molecule has 1 unspecified atom stereocenters. The third-order valence-corrected chi connectivity index (χ3v) is 4.54. The topological polar surface area (TPSA) is 58.4 Å². The Labute approximate surface area is 118 Å². The smallest absolute Gasteiger partial charge is 0.248 e. The first kappa shape index (κ1) is 13.5. The van der Waals surface area contributed by atoms with Crippen molar-refractivity contribution in [2.45, 2.75) is 25.4 Å². The molecule has 0 aromatic heterocycles. The summed E-state index contributed by atoms with van der Waals surface area (Å²) in [5.41, 5.74) is 6.10. The van der Waals surface area contributed by atoms with Crippen LogP contribution in [0.3, 0.4) is 0 Å². The first-order chi connectivity index (χ1) is 9.63. The van der Waals surface area contributed by atoms with Crippen molar-refractivity contribution in [3.63, 3.8) is 0 Å². The number of nitrogens with zero attached hydrogens (tertiary/aromatic N) is 1. The van der Waals surface area contributed by atoms with Gasteiger partial charge in [-0.1, -0.05) is 0 Å². The lowest BCUT2D eigenvalue weighted by Gasteiger charge is -2.45. The summed E-state index contributed by atoms with van der Waals surface area (Å²) in [6.07, 6.45) is 2.45. The maximum Gasteiger partial charge on any atom is 0.248 e. The Bertz CT molecular complexity index is 512. The zero-order valence-corrected chi connectivity index (χ0v) is 11.4. The van der Waals surface area contributed by atoms with Crippen molar-refractivity contribution >= 4 is 5.91 Å². The molecule has 3 N–H and O–H groups in total. The highest BCUT2D eigenvalue weighted by Gasteiger charge is 2.33. The predicted octanol–water partition coefficient (Wildman–Crippen LogP) is 1.11. The summed E-state index contributed by atoms with van der Waals surface area (Å²) in [6, 6.07) is 4.71. The first-order valence-corrected chi connectivity index (χ1v) is 7.17. The standard InChI is InChI=1S/C15H20FN3O/c16-13-2-1-11(15(17)20)7-12(13)8-18-14-9-19-5-3-10(14)4-6-19/h1-2,7,10,14,18H,3-6,8-9H2,(H2,17,20). The van der Waals surface area contributed by atoms with Gasteiger partial charge in [-0.3, -0.25) is 4.79 Å². The number of rotatable bonds is 4. The zero-order chi connectivity index (χ0) is 14.1. The van der Waals surface area contributed by atoms with E-state index in [4.69, 9.17) is 5.73 Å². The van der Waals surface area contributed by atoms with Crippen LogP contribution in [0.4, 0.5) is 4.39 Å². The van der Waals surface area contributed by atoms with Crippen molar-refractivity contribution in [2.24, 2.45) is 11.7 Å². The van der Waals surface area contributed by atoms with E-state index in [2.05, 4.69) is 10.2 Å². The van der Waals surface area contributed by atoms with Crippen molar-refractivity contribution < 1.29 is 9.18 Å². The Morgan fingerprint density at radius 3 is 2.75 bits per heavy atom. The second kappa shape index (κ2) is 5.50. The number of hydrogen-bond acceptors (Lipinski definition) is 3. The number of primary amides is 1. The Balaban J connectivity index is 1.66. The molecule has 0 saturated carbocycles. The molecular formula is C15H20FN3O. The van der Waals surface area contributed by atoms with Crippen LogP contribution in [-0.2, 0) is 6.54 Å². The second-order valence-electron chi connectivity index (χ2n) is 5.80. The number of fused-ring (bicyclic) bond motifs is 3. The number of carbonyl (C=O) groups is 1. The molecule has 0 radical (unpaired) electrons. The summed E-state index contributed by atoms with van der Waals surface area (Å²) in [4.78, 5) is 13.6. The number of nitrogens with two attached hydrogens (primary N) is 1. The molecule has 4 rings (SSSR count). The summed E-state index contributed by atoms with van der Waals surface area (Å²) < 4.78 is 13.8. The number of amides is 1. The first-order valence-electron chi connectivity index (χ1n) is 7.17. The van der Waals surface area contributed by atoms with Gasteiger partial charge in [0.2, 0.25) is 5.91 Å². The lowest BCUT2D eigenvalue weighted by molar-refractivity contribution is 0.0718. The highest BCUT2D eigenvalue weighted by atomic mass is 19.1. The maximum atomic E-state index is 13.8. The van der Waals surface area contributed by atoms with Crippen LogP contribution in [0.25, 0.3) is 0 Å². The Morgan fingerprint density at radius 2 is 2.15 bits per heavy atom. The Morgan fingerprint density at radius 1 is 1.40 bits per heavy atom. The molecule has 4 nitrogen and oxygen atoms in total. The fraction of sp³-hybridized carbons (Fsp3) is 0.533. The highest BCUT2D eigenvalue weighted by molar-refractivity contribution is 5.92. The van der Waals surface area contributed by atoms with E-state index in [0.29, 0.717) is 29.6 Å². The summed E-state index contributed by atoms with van der Waals surface area (Å²) >= 11 is 0.